The predicted octanol–water partition coefficient (Wildman–Crippen LogP) is 2.64. The normalized spacial score (nSPS) is 11.5. The molecule has 0 bridgehead atoms. The van der Waals surface area contributed by atoms with E-state index >= 15 is 0 Å². The van der Waals surface area contributed by atoms with Crippen molar-refractivity contribution < 1.29 is 0 Å². The van der Waals surface area contributed by atoms with E-state index in [1.807, 2.05) is 11.3 Å². The summed E-state index contributed by atoms with van der Waals surface area (Å²) < 4.78 is 1.55. The number of benzene rings is 1. The summed E-state index contributed by atoms with van der Waals surface area (Å²) in [5.74, 6) is 0. The Balaban J connectivity index is 2.43. The van der Waals surface area contributed by atoms with E-state index in [1.54, 1.807) is 4.50 Å². The topological polar surface area (TPSA) is 3.24 Å². The van der Waals surface area contributed by atoms with Crippen molar-refractivity contribution in [3.05, 3.63) is 41.8 Å². The number of nitrogens with zero attached hydrogens (tertiary/aromatic N) is 1. The highest BCUT2D eigenvalue weighted by molar-refractivity contribution is 7.27. The second-order valence-electron chi connectivity index (χ2n) is 5.05. The molecule has 90 valence electrons. The van der Waals surface area contributed by atoms with Crippen LogP contribution in [0.4, 0.5) is 5.69 Å². The summed E-state index contributed by atoms with van der Waals surface area (Å²) in [7, 11) is 2.70. The Morgan fingerprint density at radius 3 is 2.41 bits per heavy atom. The lowest BCUT2D eigenvalue weighted by molar-refractivity contribution is 1.13. The SMILES string of the molecule is CN(C)c1cccc([Si](C)(C)c2cccs2)c1. The maximum atomic E-state index is 2.42. The summed E-state index contributed by atoms with van der Waals surface area (Å²) in [6.45, 7) is 4.85. The molecule has 0 aliphatic carbocycles. The van der Waals surface area contributed by atoms with Gasteiger partial charge < -0.3 is 4.90 Å². The van der Waals surface area contributed by atoms with Gasteiger partial charge in [0.2, 0.25) is 0 Å². The van der Waals surface area contributed by atoms with Gasteiger partial charge in [-0.3, -0.25) is 0 Å². The average molecular weight is 261 g/mol. The van der Waals surface area contributed by atoms with Crippen LogP contribution in [0.1, 0.15) is 0 Å². The van der Waals surface area contributed by atoms with Crippen LogP contribution < -0.4 is 14.6 Å². The summed E-state index contributed by atoms with van der Waals surface area (Å²) in [6, 6.07) is 13.4. The van der Waals surface area contributed by atoms with Crippen molar-refractivity contribution in [2.75, 3.05) is 19.0 Å². The van der Waals surface area contributed by atoms with E-state index in [0.29, 0.717) is 0 Å². The van der Waals surface area contributed by atoms with Crippen molar-refractivity contribution in [2.45, 2.75) is 13.1 Å². The summed E-state index contributed by atoms with van der Waals surface area (Å²) in [5, 5.41) is 3.69. The lowest BCUT2D eigenvalue weighted by Gasteiger charge is -2.23. The van der Waals surface area contributed by atoms with E-state index in [9.17, 15) is 0 Å². The summed E-state index contributed by atoms with van der Waals surface area (Å²) in [6.07, 6.45) is 0. The maximum absolute atomic E-state index is 2.42. The van der Waals surface area contributed by atoms with Gasteiger partial charge in [0.25, 0.3) is 0 Å². The molecule has 0 saturated heterocycles. The van der Waals surface area contributed by atoms with Crippen LogP contribution in [0.2, 0.25) is 13.1 Å². The minimum Gasteiger partial charge on any atom is -0.378 e. The molecular formula is C14H19NSSi. The number of hydrogen-bond acceptors (Lipinski definition) is 2. The van der Waals surface area contributed by atoms with Gasteiger partial charge in [0.1, 0.15) is 8.07 Å². The van der Waals surface area contributed by atoms with Crippen LogP contribution in [-0.2, 0) is 0 Å². The van der Waals surface area contributed by atoms with E-state index in [1.165, 1.54) is 10.9 Å². The quantitative estimate of drug-likeness (QED) is 0.768. The van der Waals surface area contributed by atoms with Crippen molar-refractivity contribution in [3.8, 4) is 0 Å². The van der Waals surface area contributed by atoms with Crippen LogP contribution in [0, 0.1) is 0 Å². The van der Waals surface area contributed by atoms with Gasteiger partial charge in [0.05, 0.1) is 0 Å². The fourth-order valence-corrected chi connectivity index (χ4v) is 5.97. The smallest absolute Gasteiger partial charge is 0.124 e. The Labute approximate surface area is 109 Å². The minimum absolute atomic E-state index is 1.29. The average Bonchev–Trinajstić information content (AvgIpc) is 2.83. The second-order valence-corrected chi connectivity index (χ2v) is 10.7. The first kappa shape index (κ1) is 12.4. The molecule has 0 N–H and O–H groups in total. The first-order chi connectivity index (χ1) is 8.01. The van der Waals surface area contributed by atoms with Gasteiger partial charge >= 0.3 is 0 Å². The third kappa shape index (κ3) is 2.45. The fraction of sp³-hybridized carbons (Fsp3) is 0.286. The highest BCUT2D eigenvalue weighted by atomic mass is 32.1. The van der Waals surface area contributed by atoms with Crippen molar-refractivity contribution in [1.82, 2.24) is 0 Å². The van der Waals surface area contributed by atoms with Gasteiger partial charge in [-0.05, 0) is 22.0 Å². The van der Waals surface area contributed by atoms with Gasteiger partial charge in [-0.1, -0.05) is 42.5 Å². The molecule has 2 aromatic rings. The zero-order valence-corrected chi connectivity index (χ0v) is 12.7. The van der Waals surface area contributed by atoms with Crippen molar-refractivity contribution >= 4 is 34.8 Å². The Kier molecular flexibility index (Phi) is 3.40. The molecule has 3 heteroatoms. The van der Waals surface area contributed by atoms with Gasteiger partial charge in [-0.15, -0.1) is 0 Å². The molecule has 0 radical (unpaired) electrons. The number of rotatable bonds is 3. The van der Waals surface area contributed by atoms with Crippen LogP contribution >= 0.6 is 11.3 Å². The van der Waals surface area contributed by atoms with Gasteiger partial charge in [0.15, 0.2) is 0 Å². The van der Waals surface area contributed by atoms with E-state index in [4.69, 9.17) is 0 Å². The van der Waals surface area contributed by atoms with Crippen molar-refractivity contribution in [1.29, 1.82) is 0 Å². The number of thiophene rings is 1. The molecule has 1 heterocycles. The monoisotopic (exact) mass is 261 g/mol. The molecule has 0 aliphatic rings. The third-order valence-electron chi connectivity index (χ3n) is 3.22. The minimum atomic E-state index is -1.49. The Morgan fingerprint density at radius 2 is 1.82 bits per heavy atom. The van der Waals surface area contributed by atoms with Gasteiger partial charge in [0, 0.05) is 19.8 Å². The molecule has 17 heavy (non-hydrogen) atoms. The molecule has 1 aromatic carbocycles. The van der Waals surface area contributed by atoms with E-state index in [2.05, 4.69) is 73.9 Å². The Hall–Kier alpha value is -1.06. The van der Waals surface area contributed by atoms with Crippen LogP contribution in [-0.4, -0.2) is 22.2 Å². The van der Waals surface area contributed by atoms with Crippen LogP contribution in [0.3, 0.4) is 0 Å². The predicted molar refractivity (Wildman–Crippen MR) is 81.8 cm³/mol. The number of anilines is 1. The third-order valence-corrected chi connectivity index (χ3v) is 8.94. The molecule has 0 amide bonds. The molecule has 0 aliphatic heterocycles. The van der Waals surface area contributed by atoms with Crippen molar-refractivity contribution in [3.63, 3.8) is 0 Å². The maximum Gasteiger partial charge on any atom is 0.124 e. The van der Waals surface area contributed by atoms with E-state index in [0.717, 1.165) is 0 Å². The zero-order chi connectivity index (χ0) is 12.5. The van der Waals surface area contributed by atoms with Crippen LogP contribution in [0.15, 0.2) is 41.8 Å². The van der Waals surface area contributed by atoms with E-state index < -0.39 is 8.07 Å². The largest absolute Gasteiger partial charge is 0.378 e. The molecule has 0 unspecified atom stereocenters. The highest BCUT2D eigenvalue weighted by Crippen LogP contribution is 2.13. The first-order valence-corrected chi connectivity index (χ1v) is 9.71. The fourth-order valence-electron chi connectivity index (χ4n) is 1.95. The van der Waals surface area contributed by atoms with Gasteiger partial charge in [-0.25, -0.2) is 0 Å². The van der Waals surface area contributed by atoms with E-state index in [-0.39, 0.29) is 0 Å². The Bertz CT molecular complexity index is 489. The summed E-state index contributed by atoms with van der Waals surface area (Å²) in [4.78, 5) is 2.17. The molecule has 1 aromatic heterocycles. The highest BCUT2D eigenvalue weighted by Gasteiger charge is 2.27. The molecule has 0 atom stereocenters. The van der Waals surface area contributed by atoms with Crippen molar-refractivity contribution in [2.24, 2.45) is 0 Å². The summed E-state index contributed by atoms with van der Waals surface area (Å²) in [5.41, 5.74) is 1.29. The first-order valence-electron chi connectivity index (χ1n) is 5.83. The second kappa shape index (κ2) is 4.67. The molecule has 1 nitrogen and oxygen atoms in total. The molecule has 0 saturated carbocycles. The number of hydrogen-bond donors (Lipinski definition) is 0. The molecular weight excluding hydrogens is 242 g/mol. The zero-order valence-electron chi connectivity index (χ0n) is 10.9. The molecule has 0 fully saturated rings. The van der Waals surface area contributed by atoms with Crippen LogP contribution in [0.5, 0.6) is 0 Å². The Morgan fingerprint density at radius 1 is 1.06 bits per heavy atom. The van der Waals surface area contributed by atoms with Crippen LogP contribution in [0.25, 0.3) is 0 Å². The molecule has 2 rings (SSSR count). The lowest BCUT2D eigenvalue weighted by Crippen LogP contribution is -2.51. The molecule has 0 spiro atoms. The lowest BCUT2D eigenvalue weighted by atomic mass is 10.3. The standard InChI is InChI=1S/C14H19NSSi/c1-15(2)12-7-5-8-13(11-12)17(3,4)14-9-6-10-16-14/h5-11H,1-4H3. The summed E-state index contributed by atoms with van der Waals surface area (Å²) >= 11 is 1.89. The van der Waals surface area contributed by atoms with Gasteiger partial charge in [-0.2, -0.15) is 11.3 Å².